The maximum absolute atomic E-state index is 5.54. The van der Waals surface area contributed by atoms with Crippen LogP contribution in [0.15, 0.2) is 12.2 Å². The van der Waals surface area contributed by atoms with Gasteiger partial charge >= 0.3 is 0 Å². The minimum absolute atomic E-state index is 0.0116. The third-order valence-corrected chi connectivity index (χ3v) is 1.39. The lowest BCUT2D eigenvalue weighted by Gasteiger charge is -1.99. The van der Waals surface area contributed by atoms with Crippen molar-refractivity contribution in [2.24, 2.45) is 0 Å². The molecule has 0 aliphatic carbocycles. The maximum Gasteiger partial charge on any atom is 0.0525 e. The zero-order chi connectivity index (χ0) is 5.86. The molecule has 0 amide bonds. The summed E-state index contributed by atoms with van der Waals surface area (Å²) in [6.07, 6.45) is 0. The van der Waals surface area contributed by atoms with Gasteiger partial charge in [0.25, 0.3) is 0 Å². The zero-order valence-electron chi connectivity index (χ0n) is 4.25. The van der Waals surface area contributed by atoms with Crippen LogP contribution >= 0.6 is 23.2 Å². The van der Waals surface area contributed by atoms with Crippen molar-refractivity contribution in [2.45, 2.75) is 12.3 Å². The zero-order valence-corrected chi connectivity index (χ0v) is 5.76. The van der Waals surface area contributed by atoms with Crippen LogP contribution < -0.4 is 0 Å². The normalized spacial score (nSPS) is 13.6. The number of hydrogen-bond donors (Lipinski definition) is 0. The Morgan fingerprint density at radius 2 is 2.29 bits per heavy atom. The van der Waals surface area contributed by atoms with Gasteiger partial charge in [-0.25, -0.2) is 0 Å². The van der Waals surface area contributed by atoms with Gasteiger partial charge in [-0.3, -0.25) is 0 Å². The predicted octanol–water partition coefficient (Wildman–Crippen LogP) is 2.41. The van der Waals surface area contributed by atoms with E-state index in [0.29, 0.717) is 5.88 Å². The molecule has 0 bridgehead atoms. The predicted molar refractivity (Wildman–Crippen MR) is 35.2 cm³/mol. The molecule has 0 spiro atoms. The van der Waals surface area contributed by atoms with Crippen molar-refractivity contribution in [3.05, 3.63) is 12.2 Å². The number of halogens is 2. The summed E-state index contributed by atoms with van der Waals surface area (Å²) in [5, 5.41) is 0.0116. The molecule has 2 heteroatoms. The smallest absolute Gasteiger partial charge is 0.0525 e. The van der Waals surface area contributed by atoms with Crippen molar-refractivity contribution in [1.82, 2.24) is 0 Å². The minimum Gasteiger partial charge on any atom is -0.122 e. The van der Waals surface area contributed by atoms with E-state index >= 15 is 0 Å². The van der Waals surface area contributed by atoms with Crippen molar-refractivity contribution in [3.8, 4) is 0 Å². The topological polar surface area (TPSA) is 0 Å². The van der Waals surface area contributed by atoms with E-state index < -0.39 is 0 Å². The van der Waals surface area contributed by atoms with E-state index in [1.165, 1.54) is 0 Å². The Labute approximate surface area is 54.1 Å². The number of allylic oxidation sites excluding steroid dienone is 1. The van der Waals surface area contributed by atoms with E-state index in [-0.39, 0.29) is 5.38 Å². The molecule has 0 radical (unpaired) electrons. The molecule has 0 aromatic rings. The quantitative estimate of drug-likeness (QED) is 0.407. The lowest BCUT2D eigenvalue weighted by molar-refractivity contribution is 1.12. The van der Waals surface area contributed by atoms with Gasteiger partial charge in [-0.2, -0.15) is 0 Å². The van der Waals surface area contributed by atoms with Crippen LogP contribution in [-0.4, -0.2) is 11.3 Å². The molecule has 0 fully saturated rings. The Hall–Kier alpha value is 0.320. The molecule has 0 aliphatic heterocycles. The number of hydrogen-bond acceptors (Lipinski definition) is 0. The maximum atomic E-state index is 5.54. The molecule has 0 aliphatic rings. The highest BCUT2D eigenvalue weighted by Gasteiger charge is 1.97. The second kappa shape index (κ2) is 3.34. The van der Waals surface area contributed by atoms with Crippen molar-refractivity contribution < 1.29 is 0 Å². The molecular weight excluding hydrogens is 131 g/mol. The van der Waals surface area contributed by atoms with Crippen LogP contribution in [0, 0.1) is 0 Å². The standard InChI is InChI=1S/C5H8Cl2/c1-4(3-6)5(2)7/h5H,1,3H2,2H3. The molecule has 0 N–H and O–H groups in total. The fourth-order valence-corrected chi connectivity index (χ4v) is 0.494. The summed E-state index contributed by atoms with van der Waals surface area (Å²) in [6.45, 7) is 5.46. The third kappa shape index (κ3) is 2.95. The molecule has 0 aromatic carbocycles. The van der Waals surface area contributed by atoms with Crippen LogP contribution in [0.4, 0.5) is 0 Å². The molecule has 7 heavy (non-hydrogen) atoms. The summed E-state index contributed by atoms with van der Waals surface area (Å²) in [4.78, 5) is 0. The first kappa shape index (κ1) is 7.32. The first-order valence-corrected chi connectivity index (χ1v) is 3.03. The summed E-state index contributed by atoms with van der Waals surface area (Å²) >= 11 is 10.9. The van der Waals surface area contributed by atoms with Crippen LogP contribution in [0.3, 0.4) is 0 Å². The largest absolute Gasteiger partial charge is 0.122 e. The van der Waals surface area contributed by atoms with E-state index in [0.717, 1.165) is 5.57 Å². The van der Waals surface area contributed by atoms with Crippen molar-refractivity contribution >= 4 is 23.2 Å². The van der Waals surface area contributed by atoms with Gasteiger partial charge < -0.3 is 0 Å². The first-order chi connectivity index (χ1) is 3.18. The second-order valence-electron chi connectivity index (χ2n) is 1.41. The SMILES string of the molecule is C=C(CCl)C(C)Cl. The highest BCUT2D eigenvalue weighted by molar-refractivity contribution is 6.25. The van der Waals surface area contributed by atoms with Crippen LogP contribution in [0.25, 0.3) is 0 Å². The van der Waals surface area contributed by atoms with Gasteiger partial charge in [0.15, 0.2) is 0 Å². The van der Waals surface area contributed by atoms with Gasteiger partial charge in [-0.05, 0) is 12.5 Å². The molecule has 1 unspecified atom stereocenters. The Kier molecular flexibility index (Phi) is 3.49. The Morgan fingerprint density at radius 1 is 1.86 bits per heavy atom. The molecule has 0 nitrogen and oxygen atoms in total. The second-order valence-corrected chi connectivity index (χ2v) is 2.33. The Balaban J connectivity index is 3.35. The number of rotatable bonds is 2. The van der Waals surface area contributed by atoms with Crippen LogP contribution in [0.2, 0.25) is 0 Å². The summed E-state index contributed by atoms with van der Waals surface area (Å²) < 4.78 is 0. The molecule has 0 saturated carbocycles. The third-order valence-electron chi connectivity index (χ3n) is 0.734. The van der Waals surface area contributed by atoms with Crippen LogP contribution in [0.1, 0.15) is 6.92 Å². The Morgan fingerprint density at radius 3 is 2.29 bits per heavy atom. The highest BCUT2D eigenvalue weighted by Crippen LogP contribution is 2.06. The summed E-state index contributed by atoms with van der Waals surface area (Å²) in [6, 6.07) is 0. The summed E-state index contributed by atoms with van der Waals surface area (Å²) in [5.41, 5.74) is 0.878. The molecule has 42 valence electrons. The van der Waals surface area contributed by atoms with Gasteiger partial charge in [0, 0.05) is 5.88 Å². The monoisotopic (exact) mass is 138 g/mol. The van der Waals surface area contributed by atoms with Gasteiger partial charge in [0.05, 0.1) is 5.38 Å². The average molecular weight is 139 g/mol. The molecule has 0 heterocycles. The first-order valence-electron chi connectivity index (χ1n) is 2.06. The van der Waals surface area contributed by atoms with Gasteiger partial charge in [0.1, 0.15) is 0 Å². The van der Waals surface area contributed by atoms with Crippen LogP contribution in [-0.2, 0) is 0 Å². The van der Waals surface area contributed by atoms with Crippen molar-refractivity contribution in [1.29, 1.82) is 0 Å². The molecular formula is C5H8Cl2. The highest BCUT2D eigenvalue weighted by atomic mass is 35.5. The molecule has 0 rings (SSSR count). The molecule has 0 aromatic heterocycles. The summed E-state index contributed by atoms with van der Waals surface area (Å²) in [7, 11) is 0. The molecule has 0 saturated heterocycles. The van der Waals surface area contributed by atoms with Crippen molar-refractivity contribution in [3.63, 3.8) is 0 Å². The minimum atomic E-state index is 0.0116. The summed E-state index contributed by atoms with van der Waals surface area (Å²) in [5.74, 6) is 0.463. The van der Waals surface area contributed by atoms with Gasteiger partial charge in [-0.1, -0.05) is 6.58 Å². The number of alkyl halides is 2. The fourth-order valence-electron chi connectivity index (χ4n) is 0.106. The van der Waals surface area contributed by atoms with E-state index in [9.17, 15) is 0 Å². The lowest BCUT2D eigenvalue weighted by Crippen LogP contribution is -1.95. The van der Waals surface area contributed by atoms with E-state index in [4.69, 9.17) is 23.2 Å². The average Bonchev–Trinajstić information content (AvgIpc) is 1.65. The Bertz CT molecular complexity index is 66.5. The van der Waals surface area contributed by atoms with Gasteiger partial charge in [-0.15, -0.1) is 23.2 Å². The van der Waals surface area contributed by atoms with Gasteiger partial charge in [0.2, 0.25) is 0 Å². The van der Waals surface area contributed by atoms with E-state index in [1.807, 2.05) is 6.92 Å². The lowest BCUT2D eigenvalue weighted by atomic mass is 10.3. The fraction of sp³-hybridized carbons (Fsp3) is 0.600. The molecule has 1 atom stereocenters. The van der Waals surface area contributed by atoms with E-state index in [1.54, 1.807) is 0 Å². The van der Waals surface area contributed by atoms with Crippen molar-refractivity contribution in [2.75, 3.05) is 5.88 Å². The van der Waals surface area contributed by atoms with Crippen LogP contribution in [0.5, 0.6) is 0 Å². The van der Waals surface area contributed by atoms with E-state index in [2.05, 4.69) is 6.58 Å².